The van der Waals surface area contributed by atoms with E-state index in [-0.39, 0.29) is 10.8 Å². The molecule has 2 atom stereocenters. The first-order chi connectivity index (χ1) is 34.2. The predicted molar refractivity (Wildman–Crippen MR) is 298 cm³/mol. The fourth-order valence-corrected chi connectivity index (χ4v) is 14.0. The number of anilines is 4. The molecule has 0 N–H and O–H groups in total. The molecule has 0 aromatic heterocycles. The van der Waals surface area contributed by atoms with Gasteiger partial charge in [0.1, 0.15) is 0 Å². The molecule has 8 aromatic carbocycles. The largest absolute Gasteiger partial charge is 0.365 e. The van der Waals surface area contributed by atoms with Gasteiger partial charge in [-0.3, -0.25) is 0 Å². The summed E-state index contributed by atoms with van der Waals surface area (Å²) < 4.78 is 0. The molecule has 0 radical (unpaired) electrons. The Hall–Kier alpha value is -6.90. The van der Waals surface area contributed by atoms with E-state index in [9.17, 15) is 0 Å². The maximum Gasteiger partial charge on any atom is 0.0540 e. The van der Waals surface area contributed by atoms with Gasteiger partial charge in [0.2, 0.25) is 0 Å². The molecule has 2 unspecified atom stereocenters. The van der Waals surface area contributed by atoms with E-state index < -0.39 is 0 Å². The van der Waals surface area contributed by atoms with Gasteiger partial charge in [-0.15, -0.1) is 0 Å². The van der Waals surface area contributed by atoms with Crippen LogP contribution in [0.5, 0.6) is 0 Å². The molecule has 5 aliphatic carbocycles. The fourth-order valence-electron chi connectivity index (χ4n) is 14.0. The normalized spacial score (nSPS) is 19.8. The zero-order valence-electron chi connectivity index (χ0n) is 41.4. The van der Waals surface area contributed by atoms with E-state index in [2.05, 4.69) is 226 Å². The van der Waals surface area contributed by atoms with E-state index in [0.29, 0.717) is 18.0 Å². The molecule has 0 heterocycles. The second kappa shape index (κ2) is 16.9. The lowest BCUT2D eigenvalue weighted by Gasteiger charge is -2.44. The number of nitrogens with zero attached hydrogens (tertiary/aromatic N) is 2. The summed E-state index contributed by atoms with van der Waals surface area (Å²) in [6.07, 6.45) is 21.1. The van der Waals surface area contributed by atoms with Crippen LogP contribution in [-0.4, -0.2) is 12.1 Å². The van der Waals surface area contributed by atoms with Gasteiger partial charge < -0.3 is 9.80 Å². The number of hydrogen-bond donors (Lipinski definition) is 0. The van der Waals surface area contributed by atoms with Crippen molar-refractivity contribution in [1.29, 1.82) is 0 Å². The minimum absolute atomic E-state index is 0.0783. The molecule has 0 bridgehead atoms. The van der Waals surface area contributed by atoms with Gasteiger partial charge in [-0.2, -0.15) is 0 Å². The highest BCUT2D eigenvalue weighted by Gasteiger charge is 2.46. The quantitative estimate of drug-likeness (QED) is 0.150. The van der Waals surface area contributed by atoms with Crippen LogP contribution in [0.4, 0.5) is 22.7 Å². The monoisotopic (exact) mass is 909 g/mol. The van der Waals surface area contributed by atoms with Crippen LogP contribution in [0, 0.1) is 5.92 Å². The molecule has 0 spiro atoms. The summed E-state index contributed by atoms with van der Waals surface area (Å²) in [7, 11) is 0. The molecule has 2 nitrogen and oxygen atoms in total. The van der Waals surface area contributed by atoms with E-state index in [1.54, 1.807) is 22.3 Å². The lowest BCUT2D eigenvalue weighted by atomic mass is 9.70. The Morgan fingerprint density at radius 1 is 0.514 bits per heavy atom. The van der Waals surface area contributed by atoms with Crippen molar-refractivity contribution in [2.24, 2.45) is 5.92 Å². The average Bonchev–Trinajstić information content (AvgIpc) is 3.77. The summed E-state index contributed by atoms with van der Waals surface area (Å²) in [6, 6.07) is 62.9. The minimum Gasteiger partial charge on any atom is -0.365 e. The molecule has 1 saturated carbocycles. The number of hydrogen-bond acceptors (Lipinski definition) is 2. The van der Waals surface area contributed by atoms with Gasteiger partial charge in [0.15, 0.2) is 0 Å². The molecular weight excluding hydrogens is 845 g/mol. The number of benzene rings is 8. The Bertz CT molecular complexity index is 3440. The van der Waals surface area contributed by atoms with E-state index in [1.807, 2.05) is 0 Å². The van der Waals surface area contributed by atoms with Crippen LogP contribution in [0.2, 0.25) is 0 Å². The smallest absolute Gasteiger partial charge is 0.0540 e. The van der Waals surface area contributed by atoms with Gasteiger partial charge in [0.05, 0.1) is 5.69 Å². The molecule has 13 rings (SSSR count). The number of rotatable bonds is 8. The summed E-state index contributed by atoms with van der Waals surface area (Å²) in [5, 5.41) is 4.97. The fraction of sp³-hybridized carbons (Fsp3) is 0.265. The van der Waals surface area contributed by atoms with Crippen molar-refractivity contribution >= 4 is 55.9 Å². The lowest BCUT2D eigenvalue weighted by Crippen LogP contribution is -2.47. The lowest BCUT2D eigenvalue weighted by molar-refractivity contribution is 0.368. The molecule has 1 fully saturated rings. The molecule has 0 saturated heterocycles. The third-order valence-corrected chi connectivity index (χ3v) is 17.6. The highest BCUT2D eigenvalue weighted by molar-refractivity contribution is 6.00. The van der Waals surface area contributed by atoms with Gasteiger partial charge in [-0.1, -0.05) is 193 Å². The van der Waals surface area contributed by atoms with Gasteiger partial charge in [-0.05, 0) is 170 Å². The van der Waals surface area contributed by atoms with Crippen molar-refractivity contribution in [2.75, 3.05) is 9.80 Å². The van der Waals surface area contributed by atoms with E-state index in [4.69, 9.17) is 0 Å². The maximum atomic E-state index is 2.86. The Labute approximate surface area is 415 Å². The van der Waals surface area contributed by atoms with E-state index in [1.165, 1.54) is 123 Å². The SMILES string of the molecule is CC1(C)c2cc(/C=C/C3=CC=C4c5ccc6c(c5C(C)(C)C4C3)CCC(N(c3ccccc3)C3CCCCC3)C6)ccc2-c2ccc(N(c3ccc4ccccc4c3)c3cccc4ccccc34)cc21. The molecule has 0 amide bonds. The Kier molecular flexibility index (Phi) is 10.4. The first-order valence-electron chi connectivity index (χ1n) is 26.3. The van der Waals surface area contributed by atoms with Crippen LogP contribution >= 0.6 is 0 Å². The topological polar surface area (TPSA) is 6.48 Å². The minimum atomic E-state index is -0.172. The van der Waals surface area contributed by atoms with Crippen molar-refractivity contribution in [2.45, 2.75) is 108 Å². The molecule has 0 aliphatic heterocycles. The molecule has 70 heavy (non-hydrogen) atoms. The van der Waals surface area contributed by atoms with Crippen molar-refractivity contribution in [3.05, 3.63) is 227 Å². The van der Waals surface area contributed by atoms with Crippen LogP contribution in [0.15, 0.2) is 188 Å². The van der Waals surface area contributed by atoms with Crippen molar-refractivity contribution < 1.29 is 0 Å². The molecule has 8 aromatic rings. The predicted octanol–water partition coefficient (Wildman–Crippen LogP) is 17.8. The zero-order valence-corrected chi connectivity index (χ0v) is 41.4. The second-order valence-electron chi connectivity index (χ2n) is 22.3. The Balaban J connectivity index is 0.773. The third-order valence-electron chi connectivity index (χ3n) is 17.6. The van der Waals surface area contributed by atoms with Gasteiger partial charge in [0, 0.05) is 39.9 Å². The third kappa shape index (κ3) is 7.12. The van der Waals surface area contributed by atoms with Crippen LogP contribution < -0.4 is 9.80 Å². The van der Waals surface area contributed by atoms with E-state index >= 15 is 0 Å². The maximum absolute atomic E-state index is 2.86. The van der Waals surface area contributed by atoms with Crippen molar-refractivity contribution in [1.82, 2.24) is 0 Å². The van der Waals surface area contributed by atoms with Gasteiger partial charge >= 0.3 is 0 Å². The van der Waals surface area contributed by atoms with Gasteiger partial charge in [-0.25, -0.2) is 0 Å². The summed E-state index contributed by atoms with van der Waals surface area (Å²) >= 11 is 0. The van der Waals surface area contributed by atoms with Crippen molar-refractivity contribution in [3.8, 4) is 11.1 Å². The number of para-hydroxylation sites is 1. The standard InChI is InChI=1S/C68H64N2/c1-67(2)62-40-45(28-35-58(62)59-39-34-55(44-64(59)67)70(54-32-30-47-16-11-12-18-49(47)42-54)65-25-15-19-48-17-13-14-24-56(48)65)26-27-46-29-36-60-61-37-31-50-43-53(33-38-57(50)66(61)68(3,4)63(60)41-46)69(51-20-7-5-8-21-51)52-22-9-6-10-23-52/h5,7-8,11-21,24-32,34-37,39-40,42,44,52-53,63H,6,9-10,22-23,33,38,41,43H2,1-4H3/b27-26+. The summed E-state index contributed by atoms with van der Waals surface area (Å²) in [6.45, 7) is 9.92. The van der Waals surface area contributed by atoms with Crippen molar-refractivity contribution in [3.63, 3.8) is 0 Å². The average molecular weight is 909 g/mol. The van der Waals surface area contributed by atoms with Crippen LogP contribution in [0.25, 0.3) is 44.3 Å². The molecule has 346 valence electrons. The highest BCUT2D eigenvalue weighted by atomic mass is 15.2. The Morgan fingerprint density at radius 2 is 1.21 bits per heavy atom. The van der Waals surface area contributed by atoms with E-state index in [0.717, 1.165) is 18.5 Å². The number of allylic oxidation sites excluding steroid dienone is 5. The summed E-state index contributed by atoms with van der Waals surface area (Å²) in [5.41, 5.74) is 20.9. The highest BCUT2D eigenvalue weighted by Crippen LogP contribution is 2.57. The van der Waals surface area contributed by atoms with Crippen LogP contribution in [0.1, 0.15) is 112 Å². The second-order valence-corrected chi connectivity index (χ2v) is 22.3. The molecule has 5 aliphatic rings. The molecular formula is C68H64N2. The van der Waals surface area contributed by atoms with Gasteiger partial charge in [0.25, 0.3) is 0 Å². The molecule has 2 heteroatoms. The summed E-state index contributed by atoms with van der Waals surface area (Å²) in [4.78, 5) is 5.32. The van der Waals surface area contributed by atoms with Crippen LogP contribution in [-0.2, 0) is 23.7 Å². The first-order valence-corrected chi connectivity index (χ1v) is 26.3. The summed E-state index contributed by atoms with van der Waals surface area (Å²) in [5.74, 6) is 0.477. The first kappa shape index (κ1) is 43.1. The zero-order chi connectivity index (χ0) is 47.1. The number of fused-ring (bicyclic) bond motifs is 10. The Morgan fingerprint density at radius 3 is 2.06 bits per heavy atom. The van der Waals surface area contributed by atoms with Crippen LogP contribution in [0.3, 0.4) is 0 Å².